The maximum absolute atomic E-state index is 3.77. The Balaban J connectivity index is 3.55. The molecule has 0 aliphatic heterocycles. The van der Waals surface area contributed by atoms with E-state index in [1.807, 2.05) is 6.08 Å². The molecule has 17 heavy (non-hydrogen) atoms. The van der Waals surface area contributed by atoms with E-state index >= 15 is 0 Å². The molecule has 0 aliphatic rings. The molecular weight excluding hydrogens is 206 g/mol. The molecule has 1 nitrogen and oxygen atoms in total. The van der Waals surface area contributed by atoms with Gasteiger partial charge in [-0.2, -0.15) is 0 Å². The van der Waals surface area contributed by atoms with Gasteiger partial charge in [0.25, 0.3) is 0 Å². The van der Waals surface area contributed by atoms with Gasteiger partial charge >= 0.3 is 0 Å². The Hall–Kier alpha value is -0.560. The van der Waals surface area contributed by atoms with Crippen molar-refractivity contribution < 1.29 is 0 Å². The van der Waals surface area contributed by atoms with Crippen LogP contribution in [0.3, 0.4) is 0 Å². The lowest BCUT2D eigenvalue weighted by Crippen LogP contribution is -2.26. The lowest BCUT2D eigenvalue weighted by molar-refractivity contribution is 0.263. The van der Waals surface area contributed by atoms with E-state index in [2.05, 4.69) is 37.5 Å². The standard InChI is InChI=1S/C16H31N/c1-4-7-9-11-13-16-17(14-6-3)15-12-10-8-5-2/h4-5,7H,2,6,8-16H2,1,3H3/b7-4-. The minimum atomic E-state index is 1.17. The monoisotopic (exact) mass is 237 g/mol. The summed E-state index contributed by atoms with van der Waals surface area (Å²) >= 11 is 0. The van der Waals surface area contributed by atoms with Gasteiger partial charge in [-0.1, -0.05) is 25.2 Å². The number of unbranched alkanes of at least 4 members (excludes halogenated alkanes) is 4. The number of rotatable bonds is 12. The van der Waals surface area contributed by atoms with E-state index in [1.165, 1.54) is 64.6 Å². The zero-order chi connectivity index (χ0) is 12.8. The Morgan fingerprint density at radius 3 is 2.12 bits per heavy atom. The van der Waals surface area contributed by atoms with Crippen molar-refractivity contribution >= 4 is 0 Å². The Morgan fingerprint density at radius 2 is 1.59 bits per heavy atom. The van der Waals surface area contributed by atoms with E-state index in [0.717, 1.165) is 0 Å². The summed E-state index contributed by atoms with van der Waals surface area (Å²) in [5.74, 6) is 0. The topological polar surface area (TPSA) is 3.24 Å². The average Bonchev–Trinajstić information content (AvgIpc) is 2.34. The second-order valence-electron chi connectivity index (χ2n) is 4.69. The Morgan fingerprint density at radius 1 is 0.941 bits per heavy atom. The van der Waals surface area contributed by atoms with Gasteiger partial charge in [-0.05, 0) is 71.5 Å². The molecule has 0 heterocycles. The van der Waals surface area contributed by atoms with Crippen LogP contribution in [0.15, 0.2) is 24.8 Å². The molecule has 0 saturated heterocycles. The molecule has 0 aliphatic carbocycles. The molecule has 0 aromatic heterocycles. The summed E-state index contributed by atoms with van der Waals surface area (Å²) in [6.45, 7) is 12.0. The van der Waals surface area contributed by atoms with Crippen LogP contribution in [0.2, 0.25) is 0 Å². The van der Waals surface area contributed by atoms with E-state index in [9.17, 15) is 0 Å². The maximum atomic E-state index is 3.77. The van der Waals surface area contributed by atoms with Crippen molar-refractivity contribution in [3.05, 3.63) is 24.8 Å². The molecular formula is C16H31N. The molecule has 0 atom stereocenters. The van der Waals surface area contributed by atoms with Crippen LogP contribution in [0.5, 0.6) is 0 Å². The predicted octanol–water partition coefficient (Wildman–Crippen LogP) is 4.80. The first-order chi connectivity index (χ1) is 8.35. The Bertz CT molecular complexity index is 184. The van der Waals surface area contributed by atoms with Gasteiger partial charge < -0.3 is 4.90 Å². The molecule has 0 bridgehead atoms. The van der Waals surface area contributed by atoms with Gasteiger partial charge in [-0.15, -0.1) is 6.58 Å². The minimum absolute atomic E-state index is 1.17. The third kappa shape index (κ3) is 11.7. The summed E-state index contributed by atoms with van der Waals surface area (Å²) in [6, 6.07) is 0. The molecule has 100 valence electrons. The number of allylic oxidation sites excluding steroid dienone is 3. The molecule has 1 heteroatoms. The zero-order valence-electron chi connectivity index (χ0n) is 12.0. The SMILES string of the molecule is C=CCCCCN(CCC)CCCC/C=C\C. The second-order valence-corrected chi connectivity index (χ2v) is 4.69. The van der Waals surface area contributed by atoms with Crippen molar-refractivity contribution in [1.82, 2.24) is 4.90 Å². The highest BCUT2D eigenvalue weighted by Gasteiger charge is 2.02. The smallest absolute Gasteiger partial charge is 0.00186 e. The van der Waals surface area contributed by atoms with Crippen LogP contribution < -0.4 is 0 Å². The highest BCUT2D eigenvalue weighted by atomic mass is 15.1. The summed E-state index contributed by atoms with van der Waals surface area (Å²) in [7, 11) is 0. The maximum Gasteiger partial charge on any atom is -0.00186 e. The molecule has 0 saturated carbocycles. The van der Waals surface area contributed by atoms with Crippen molar-refractivity contribution in [2.45, 2.75) is 58.8 Å². The molecule has 0 fully saturated rings. The fraction of sp³-hybridized carbons (Fsp3) is 0.750. The average molecular weight is 237 g/mol. The molecule has 0 spiro atoms. The summed E-state index contributed by atoms with van der Waals surface area (Å²) < 4.78 is 0. The first-order valence-corrected chi connectivity index (χ1v) is 7.29. The van der Waals surface area contributed by atoms with Crippen molar-refractivity contribution in [3.63, 3.8) is 0 Å². The van der Waals surface area contributed by atoms with Crippen LogP contribution in [0.4, 0.5) is 0 Å². The van der Waals surface area contributed by atoms with Gasteiger partial charge in [-0.25, -0.2) is 0 Å². The minimum Gasteiger partial charge on any atom is -0.303 e. The first-order valence-electron chi connectivity index (χ1n) is 7.29. The van der Waals surface area contributed by atoms with Crippen LogP contribution in [0, 0.1) is 0 Å². The Labute approximate surface area is 109 Å². The fourth-order valence-electron chi connectivity index (χ4n) is 2.04. The van der Waals surface area contributed by atoms with E-state index < -0.39 is 0 Å². The van der Waals surface area contributed by atoms with Gasteiger partial charge in [0.15, 0.2) is 0 Å². The summed E-state index contributed by atoms with van der Waals surface area (Å²) in [4.78, 5) is 2.62. The number of nitrogens with zero attached hydrogens (tertiary/aromatic N) is 1. The molecule has 0 amide bonds. The van der Waals surface area contributed by atoms with Crippen LogP contribution in [-0.4, -0.2) is 24.5 Å². The third-order valence-electron chi connectivity index (χ3n) is 3.00. The quantitative estimate of drug-likeness (QED) is 0.348. The molecule has 0 radical (unpaired) electrons. The van der Waals surface area contributed by atoms with Gasteiger partial charge in [0.2, 0.25) is 0 Å². The summed E-state index contributed by atoms with van der Waals surface area (Å²) in [5.41, 5.74) is 0. The lowest BCUT2D eigenvalue weighted by Gasteiger charge is -2.21. The van der Waals surface area contributed by atoms with Crippen molar-refractivity contribution in [2.75, 3.05) is 19.6 Å². The molecule has 0 unspecified atom stereocenters. The van der Waals surface area contributed by atoms with E-state index in [0.29, 0.717) is 0 Å². The number of hydrogen-bond donors (Lipinski definition) is 0. The molecule has 0 N–H and O–H groups in total. The predicted molar refractivity (Wildman–Crippen MR) is 79.4 cm³/mol. The van der Waals surface area contributed by atoms with E-state index in [-0.39, 0.29) is 0 Å². The Kier molecular flexibility index (Phi) is 13.1. The highest BCUT2D eigenvalue weighted by molar-refractivity contribution is 4.76. The third-order valence-corrected chi connectivity index (χ3v) is 3.00. The van der Waals surface area contributed by atoms with Crippen LogP contribution in [-0.2, 0) is 0 Å². The van der Waals surface area contributed by atoms with Crippen LogP contribution in [0.1, 0.15) is 58.8 Å². The van der Waals surface area contributed by atoms with Crippen molar-refractivity contribution in [3.8, 4) is 0 Å². The van der Waals surface area contributed by atoms with E-state index in [1.54, 1.807) is 0 Å². The van der Waals surface area contributed by atoms with Crippen molar-refractivity contribution in [1.29, 1.82) is 0 Å². The van der Waals surface area contributed by atoms with Crippen LogP contribution in [0.25, 0.3) is 0 Å². The first kappa shape index (κ1) is 16.4. The van der Waals surface area contributed by atoms with Crippen molar-refractivity contribution in [2.24, 2.45) is 0 Å². The van der Waals surface area contributed by atoms with Gasteiger partial charge in [0.1, 0.15) is 0 Å². The fourth-order valence-corrected chi connectivity index (χ4v) is 2.04. The highest BCUT2D eigenvalue weighted by Crippen LogP contribution is 2.04. The van der Waals surface area contributed by atoms with Gasteiger partial charge in [0, 0.05) is 0 Å². The number of hydrogen-bond acceptors (Lipinski definition) is 1. The molecule has 0 aromatic carbocycles. The zero-order valence-corrected chi connectivity index (χ0v) is 12.0. The van der Waals surface area contributed by atoms with Crippen LogP contribution >= 0.6 is 0 Å². The molecule has 0 rings (SSSR count). The summed E-state index contributed by atoms with van der Waals surface area (Å²) in [5, 5.41) is 0. The summed E-state index contributed by atoms with van der Waals surface area (Å²) in [6.07, 6.45) is 15.4. The molecule has 0 aromatic rings. The van der Waals surface area contributed by atoms with Gasteiger partial charge in [0.05, 0.1) is 0 Å². The normalized spacial score (nSPS) is 11.5. The second kappa shape index (κ2) is 13.5. The van der Waals surface area contributed by atoms with E-state index in [4.69, 9.17) is 0 Å². The lowest BCUT2D eigenvalue weighted by atomic mass is 10.2. The largest absolute Gasteiger partial charge is 0.303 e. The van der Waals surface area contributed by atoms with Gasteiger partial charge in [-0.3, -0.25) is 0 Å².